The molecule has 0 radical (unpaired) electrons. The first-order valence-electron chi connectivity index (χ1n) is 4.09. The third-order valence-corrected chi connectivity index (χ3v) is 3.13. The summed E-state index contributed by atoms with van der Waals surface area (Å²) in [5.41, 5.74) is 0. The van der Waals surface area contributed by atoms with Crippen molar-refractivity contribution in [2.24, 2.45) is 0 Å². The Hall–Kier alpha value is 0.930. The maximum absolute atomic E-state index is 5.97. The van der Waals surface area contributed by atoms with Crippen molar-refractivity contribution >= 4 is 11.5 Å². The van der Waals surface area contributed by atoms with Gasteiger partial charge in [-0.05, 0) is 0 Å². The summed E-state index contributed by atoms with van der Waals surface area (Å²) in [6.45, 7) is 11.1. The van der Waals surface area contributed by atoms with Crippen molar-refractivity contribution in [3.05, 3.63) is 0 Å². The van der Waals surface area contributed by atoms with Gasteiger partial charge in [0.15, 0.2) is 0 Å². The Labute approximate surface area is 86.0 Å². The van der Waals surface area contributed by atoms with E-state index in [0.717, 1.165) is 6.42 Å². The van der Waals surface area contributed by atoms with E-state index in [1.807, 2.05) is 0 Å². The Bertz CT molecular complexity index is 140. The molecule has 0 saturated carbocycles. The summed E-state index contributed by atoms with van der Waals surface area (Å²) < 4.78 is 7.46. The van der Waals surface area contributed by atoms with Crippen molar-refractivity contribution in [1.82, 2.24) is 0 Å². The van der Waals surface area contributed by atoms with E-state index in [0.29, 0.717) is 6.10 Å². The van der Waals surface area contributed by atoms with Crippen LogP contribution in [-0.2, 0) is 28.7 Å². The summed E-state index contributed by atoms with van der Waals surface area (Å²) in [5.74, 6) is 0. The van der Waals surface area contributed by atoms with E-state index in [1.54, 1.807) is 0 Å². The van der Waals surface area contributed by atoms with E-state index < -0.39 is 8.32 Å². The van der Waals surface area contributed by atoms with Crippen molar-refractivity contribution < 1.29 is 28.7 Å². The van der Waals surface area contributed by atoms with Gasteiger partial charge in [-0.25, -0.2) is 0 Å². The van der Waals surface area contributed by atoms with Gasteiger partial charge < -0.3 is 0 Å². The van der Waals surface area contributed by atoms with E-state index in [-0.39, 0.29) is 0 Å². The monoisotopic (exact) mass is 248 g/mol. The Morgan fingerprint density at radius 3 is 2.00 bits per heavy atom. The van der Waals surface area contributed by atoms with Gasteiger partial charge in [0.1, 0.15) is 0 Å². The summed E-state index contributed by atoms with van der Waals surface area (Å²) in [7, 11) is -1.31. The summed E-state index contributed by atoms with van der Waals surface area (Å²) >= 11 is 1.51. The van der Waals surface area contributed by atoms with Gasteiger partial charge in [0.2, 0.25) is 0 Å². The predicted molar refractivity (Wildman–Crippen MR) is 49.2 cm³/mol. The van der Waals surface area contributed by atoms with Crippen LogP contribution in [0.5, 0.6) is 0 Å². The van der Waals surface area contributed by atoms with Crippen molar-refractivity contribution in [3.63, 3.8) is 0 Å². The second-order valence-electron chi connectivity index (χ2n) is 3.81. The maximum atomic E-state index is 5.97. The molecular formula is C8H18OSiZr+2. The normalized spacial score (nSPS) is 14.8. The standard InChI is InChI=1S/C8H18OSi.Zr/c1-6-8(7-2)9-10(3,4)5;/h8H,6H2,1-5H3;/q;+2. The fraction of sp³-hybridized carbons (Fsp3) is 0.875. The molecule has 11 heavy (non-hydrogen) atoms. The summed E-state index contributed by atoms with van der Waals surface area (Å²) in [6.07, 6.45) is 1.56. The van der Waals surface area contributed by atoms with Gasteiger partial charge in [-0.15, -0.1) is 0 Å². The molecule has 1 unspecified atom stereocenters. The molecule has 0 fully saturated rings. The van der Waals surface area contributed by atoms with E-state index in [1.165, 1.54) is 27.4 Å². The molecule has 0 aliphatic heterocycles. The van der Waals surface area contributed by atoms with Crippen LogP contribution in [-0.4, -0.2) is 17.6 Å². The van der Waals surface area contributed by atoms with Gasteiger partial charge >= 0.3 is 86.2 Å². The topological polar surface area (TPSA) is 9.23 Å². The zero-order valence-corrected chi connectivity index (χ0v) is 11.7. The van der Waals surface area contributed by atoms with E-state index in [4.69, 9.17) is 4.43 Å². The van der Waals surface area contributed by atoms with Gasteiger partial charge in [0.25, 0.3) is 0 Å². The third kappa shape index (κ3) is 6.12. The molecule has 0 aliphatic carbocycles. The van der Waals surface area contributed by atoms with Crippen LogP contribution in [0.25, 0.3) is 0 Å². The average molecular weight is 250 g/mol. The van der Waals surface area contributed by atoms with Crippen LogP contribution >= 0.6 is 0 Å². The molecular weight excluding hydrogens is 231 g/mol. The summed E-state index contributed by atoms with van der Waals surface area (Å²) in [4.78, 5) is 0. The van der Waals surface area contributed by atoms with Crippen LogP contribution in [0.3, 0.4) is 0 Å². The van der Waals surface area contributed by atoms with Gasteiger partial charge in [-0.2, -0.15) is 0 Å². The second kappa shape index (κ2) is 4.84. The zero-order valence-electron chi connectivity index (χ0n) is 8.19. The molecule has 0 spiro atoms. The predicted octanol–water partition coefficient (Wildman–Crippen LogP) is 2.36. The minimum absolute atomic E-state index is 0.430. The third-order valence-electron chi connectivity index (χ3n) is 1.35. The first-order chi connectivity index (χ1) is 4.87. The molecule has 0 aromatic rings. The first kappa shape index (κ1) is 11.9. The van der Waals surface area contributed by atoms with E-state index >= 15 is 0 Å². The molecule has 0 amide bonds. The molecule has 0 bridgehead atoms. The fourth-order valence-corrected chi connectivity index (χ4v) is 3.04. The second-order valence-corrected chi connectivity index (χ2v) is 10.2. The molecule has 0 rings (SSSR count). The minimum atomic E-state index is -1.31. The quantitative estimate of drug-likeness (QED) is 0.695. The van der Waals surface area contributed by atoms with Crippen molar-refractivity contribution in [3.8, 4) is 0 Å². The van der Waals surface area contributed by atoms with Crippen molar-refractivity contribution in [1.29, 1.82) is 0 Å². The molecule has 0 aliphatic rings. The molecule has 62 valence electrons. The number of rotatable bonds is 4. The van der Waals surface area contributed by atoms with Gasteiger partial charge in [-0.3, -0.25) is 0 Å². The molecule has 0 saturated heterocycles. The SMILES string of the molecule is CCC(O[Si](C)(C)C)[C](C)=[Zr+2]. The zero-order chi connectivity index (χ0) is 9.07. The molecule has 3 heteroatoms. The van der Waals surface area contributed by atoms with Crippen LogP contribution in [0.4, 0.5) is 0 Å². The Morgan fingerprint density at radius 1 is 1.45 bits per heavy atom. The van der Waals surface area contributed by atoms with E-state index in [9.17, 15) is 0 Å². The first-order valence-corrected chi connectivity index (χ1v) is 8.73. The molecule has 0 heterocycles. The molecule has 1 nitrogen and oxygen atoms in total. The van der Waals surface area contributed by atoms with Gasteiger partial charge in [0, 0.05) is 0 Å². The average Bonchev–Trinajstić information content (AvgIpc) is 1.80. The fourth-order valence-electron chi connectivity index (χ4n) is 0.905. The van der Waals surface area contributed by atoms with E-state index in [2.05, 4.69) is 33.5 Å². The van der Waals surface area contributed by atoms with Gasteiger partial charge in [-0.1, -0.05) is 0 Å². The van der Waals surface area contributed by atoms with Crippen LogP contribution in [0, 0.1) is 0 Å². The Kier molecular flexibility index (Phi) is 5.24. The van der Waals surface area contributed by atoms with Gasteiger partial charge in [0.05, 0.1) is 0 Å². The van der Waals surface area contributed by atoms with Crippen LogP contribution in [0.1, 0.15) is 20.3 Å². The summed E-state index contributed by atoms with van der Waals surface area (Å²) in [6, 6.07) is 0. The molecule has 0 aromatic carbocycles. The Balaban J connectivity index is 3.99. The number of hydrogen-bond donors (Lipinski definition) is 0. The molecule has 1 atom stereocenters. The Morgan fingerprint density at radius 2 is 1.91 bits per heavy atom. The van der Waals surface area contributed by atoms with Crippen molar-refractivity contribution in [2.75, 3.05) is 0 Å². The van der Waals surface area contributed by atoms with Crippen LogP contribution < -0.4 is 0 Å². The van der Waals surface area contributed by atoms with Crippen LogP contribution in [0.2, 0.25) is 19.6 Å². The van der Waals surface area contributed by atoms with Crippen molar-refractivity contribution in [2.45, 2.75) is 46.0 Å². The summed E-state index contributed by atoms with van der Waals surface area (Å²) in [5, 5.41) is 0. The molecule has 0 N–H and O–H groups in total. The molecule has 0 aromatic heterocycles. The van der Waals surface area contributed by atoms with Crippen LogP contribution in [0.15, 0.2) is 0 Å². The number of hydrogen-bond acceptors (Lipinski definition) is 1.